The first-order valence-electron chi connectivity index (χ1n) is 14.3. The summed E-state index contributed by atoms with van der Waals surface area (Å²) in [4.78, 5) is 47.0. The van der Waals surface area contributed by atoms with Crippen molar-refractivity contribution in [3.63, 3.8) is 0 Å². The van der Waals surface area contributed by atoms with Gasteiger partial charge in [0.15, 0.2) is 5.78 Å². The van der Waals surface area contributed by atoms with E-state index in [0.717, 1.165) is 16.8 Å². The molecule has 2 atom stereocenters. The zero-order valence-corrected chi connectivity index (χ0v) is 24.5. The molecule has 2 aliphatic heterocycles. The number of aliphatic imine (C=N–C) groups is 1. The number of Topliss-reactive ketones (excluding diaryl/α,β-unsaturated/α-hetero) is 1. The van der Waals surface area contributed by atoms with Crippen LogP contribution in [0.2, 0.25) is 0 Å². The molecule has 2 aliphatic rings. The molecular weight excluding hydrogens is 530 g/mol. The van der Waals surface area contributed by atoms with Gasteiger partial charge >= 0.3 is 11.9 Å². The Balaban J connectivity index is 1.45. The maximum absolute atomic E-state index is 13.9. The summed E-state index contributed by atoms with van der Waals surface area (Å²) in [6.07, 6.45) is 1.73. The number of H-pyrrole nitrogens is 1. The fraction of sp³-hybridized carbons (Fsp3) is 0.294. The van der Waals surface area contributed by atoms with Crippen LogP contribution in [0.1, 0.15) is 73.6 Å². The number of carbonyl (C=O) groups is 3. The number of ketones is 1. The Morgan fingerprint density at radius 2 is 1.57 bits per heavy atom. The van der Waals surface area contributed by atoms with E-state index in [-0.39, 0.29) is 18.4 Å². The van der Waals surface area contributed by atoms with Crippen LogP contribution in [-0.2, 0) is 19.1 Å². The predicted molar refractivity (Wildman–Crippen MR) is 162 cm³/mol. The molecule has 3 aromatic rings. The van der Waals surface area contributed by atoms with E-state index < -0.39 is 17.8 Å². The number of rotatable bonds is 8. The van der Waals surface area contributed by atoms with Gasteiger partial charge in [-0.15, -0.1) is 0 Å². The Kier molecular flexibility index (Phi) is 8.24. The van der Waals surface area contributed by atoms with Gasteiger partial charge in [0.25, 0.3) is 0 Å². The van der Waals surface area contributed by atoms with E-state index >= 15 is 0 Å². The fourth-order valence-corrected chi connectivity index (χ4v) is 5.46. The Bertz CT molecular complexity index is 1610. The summed E-state index contributed by atoms with van der Waals surface area (Å²) in [5.74, 6) is -1.28. The number of benzene rings is 2. The van der Waals surface area contributed by atoms with Crippen LogP contribution in [-0.4, -0.2) is 41.8 Å². The number of ether oxygens (including phenoxy) is 2. The summed E-state index contributed by atoms with van der Waals surface area (Å²) < 4.78 is 10.5. The summed E-state index contributed by atoms with van der Waals surface area (Å²) in [6, 6.07) is 19.0. The third kappa shape index (κ3) is 5.57. The summed E-state index contributed by atoms with van der Waals surface area (Å²) in [5, 5.41) is 3.22. The molecule has 0 saturated carbocycles. The van der Waals surface area contributed by atoms with Crippen molar-refractivity contribution in [2.24, 2.45) is 10.9 Å². The lowest BCUT2D eigenvalue weighted by atomic mass is 9.75. The lowest BCUT2D eigenvalue weighted by molar-refractivity contribution is -0.139. The van der Waals surface area contributed by atoms with Crippen molar-refractivity contribution in [2.75, 3.05) is 13.2 Å². The van der Waals surface area contributed by atoms with Crippen LogP contribution in [0.5, 0.6) is 0 Å². The lowest BCUT2D eigenvalue weighted by Gasteiger charge is -2.32. The zero-order chi connectivity index (χ0) is 30.0. The van der Waals surface area contributed by atoms with E-state index in [1.165, 1.54) is 5.56 Å². The third-order valence-corrected chi connectivity index (χ3v) is 7.60. The first-order valence-corrected chi connectivity index (χ1v) is 14.3. The molecule has 42 heavy (non-hydrogen) atoms. The van der Waals surface area contributed by atoms with Crippen LogP contribution in [0.4, 0.5) is 0 Å². The first kappa shape index (κ1) is 28.8. The predicted octanol–water partition coefficient (Wildman–Crippen LogP) is 6.14. The van der Waals surface area contributed by atoms with E-state index in [4.69, 9.17) is 9.47 Å². The number of fused-ring (bicyclic) bond motifs is 1. The molecule has 0 amide bonds. The molecule has 2 N–H and O–H groups in total. The Labute approximate surface area is 245 Å². The second-order valence-corrected chi connectivity index (χ2v) is 10.7. The summed E-state index contributed by atoms with van der Waals surface area (Å²) in [7, 11) is 0. The number of hydrogen-bond acceptors (Lipinski definition) is 7. The highest BCUT2D eigenvalue weighted by Gasteiger charge is 2.47. The molecule has 8 heteroatoms. The minimum absolute atomic E-state index is 0.167. The molecule has 0 radical (unpaired) electrons. The number of aromatic amines is 1. The first-order chi connectivity index (χ1) is 20.2. The summed E-state index contributed by atoms with van der Waals surface area (Å²) in [6.45, 7) is 10.2. The Morgan fingerprint density at radius 1 is 0.905 bits per heavy atom. The quantitative estimate of drug-likeness (QED) is 0.251. The Hall–Kier alpha value is -4.72. The van der Waals surface area contributed by atoms with Crippen LogP contribution in [0.3, 0.4) is 0 Å². The lowest BCUT2D eigenvalue weighted by Crippen LogP contribution is -2.42. The second kappa shape index (κ2) is 12.0. The highest BCUT2D eigenvalue weighted by atomic mass is 16.5. The molecule has 0 spiro atoms. The maximum Gasteiger partial charge on any atom is 0.338 e. The van der Waals surface area contributed by atoms with Gasteiger partial charge < -0.3 is 19.8 Å². The number of hydrogen-bond donors (Lipinski definition) is 2. The fourth-order valence-electron chi connectivity index (χ4n) is 5.46. The standard InChI is InChI=1S/C34H35N3O5/c1-6-41-33(39)24-14-10-22(11-15-24)26-17-16-25(36-26)18-27-31(38)30-29(23-12-8-21(9-13-23)19(3)4)28(34(40)42-7-2)20(5)35-32(30)37-27/h8-19,29-30,36H,6-7H2,1-5H3,(H,35,37)/b27-18-. The van der Waals surface area contributed by atoms with Gasteiger partial charge in [0, 0.05) is 23.0 Å². The van der Waals surface area contributed by atoms with Gasteiger partial charge in [0.05, 0.1) is 30.3 Å². The number of allylic oxidation sites excluding steroid dienone is 2. The van der Waals surface area contributed by atoms with E-state index in [1.54, 1.807) is 32.1 Å². The van der Waals surface area contributed by atoms with Gasteiger partial charge in [-0.2, -0.15) is 0 Å². The van der Waals surface area contributed by atoms with Crippen LogP contribution in [0, 0.1) is 5.92 Å². The van der Waals surface area contributed by atoms with Crippen LogP contribution >= 0.6 is 0 Å². The van der Waals surface area contributed by atoms with Gasteiger partial charge in [-0.3, -0.25) is 4.79 Å². The number of carbonyl (C=O) groups excluding carboxylic acids is 3. The van der Waals surface area contributed by atoms with Crippen molar-refractivity contribution >= 4 is 29.6 Å². The number of nitrogens with zero attached hydrogens (tertiary/aromatic N) is 1. The third-order valence-electron chi connectivity index (χ3n) is 7.60. The minimum Gasteiger partial charge on any atom is -0.463 e. The minimum atomic E-state index is -0.672. The summed E-state index contributed by atoms with van der Waals surface area (Å²) in [5.41, 5.74) is 6.32. The van der Waals surface area contributed by atoms with Crippen molar-refractivity contribution in [1.29, 1.82) is 0 Å². The van der Waals surface area contributed by atoms with Crippen molar-refractivity contribution < 1.29 is 23.9 Å². The van der Waals surface area contributed by atoms with Crippen LogP contribution in [0.15, 0.2) is 82.6 Å². The van der Waals surface area contributed by atoms with Crippen LogP contribution < -0.4 is 5.32 Å². The van der Waals surface area contributed by atoms with Gasteiger partial charge in [0.2, 0.25) is 0 Å². The normalized spacial score (nSPS) is 19.0. The largest absolute Gasteiger partial charge is 0.463 e. The number of nitrogens with one attached hydrogen (secondary N) is 2. The van der Waals surface area contributed by atoms with Gasteiger partial charge in [0.1, 0.15) is 11.5 Å². The van der Waals surface area contributed by atoms with Crippen molar-refractivity contribution in [1.82, 2.24) is 10.3 Å². The Morgan fingerprint density at radius 3 is 2.21 bits per heavy atom. The number of esters is 2. The highest BCUT2D eigenvalue weighted by molar-refractivity contribution is 6.21. The van der Waals surface area contributed by atoms with Crippen molar-refractivity contribution in [3.8, 4) is 11.3 Å². The summed E-state index contributed by atoms with van der Waals surface area (Å²) >= 11 is 0. The molecule has 0 bridgehead atoms. The van der Waals surface area contributed by atoms with Crippen LogP contribution in [0.25, 0.3) is 17.3 Å². The second-order valence-electron chi connectivity index (χ2n) is 10.7. The average molecular weight is 566 g/mol. The number of amidine groups is 1. The number of aromatic nitrogens is 1. The van der Waals surface area contributed by atoms with E-state index in [0.29, 0.717) is 46.6 Å². The smallest absolute Gasteiger partial charge is 0.338 e. The monoisotopic (exact) mass is 565 g/mol. The zero-order valence-electron chi connectivity index (χ0n) is 24.5. The van der Waals surface area contributed by atoms with Gasteiger partial charge in [-0.25, -0.2) is 14.6 Å². The molecular formula is C34H35N3O5. The molecule has 216 valence electrons. The molecule has 0 aliphatic carbocycles. The molecule has 0 fully saturated rings. The average Bonchev–Trinajstić information content (AvgIpc) is 3.57. The van der Waals surface area contributed by atoms with Crippen molar-refractivity contribution in [3.05, 3.63) is 100 Å². The molecule has 2 aromatic carbocycles. The van der Waals surface area contributed by atoms with E-state index in [2.05, 4.69) is 29.1 Å². The molecule has 2 unspecified atom stereocenters. The molecule has 1 aromatic heterocycles. The SMILES string of the molecule is CCOC(=O)C1=C(C)NC2=N/C(=C\c3ccc(-c4ccc(C(=O)OCC)cc4)[nH]3)C(=O)C2C1c1ccc(C(C)C)cc1. The topological polar surface area (TPSA) is 110 Å². The van der Waals surface area contributed by atoms with Gasteiger partial charge in [-0.1, -0.05) is 50.2 Å². The molecule has 5 rings (SSSR count). The van der Waals surface area contributed by atoms with Crippen molar-refractivity contribution in [2.45, 2.75) is 46.5 Å². The molecule has 3 heterocycles. The maximum atomic E-state index is 13.9. The molecule has 8 nitrogen and oxygen atoms in total. The highest BCUT2D eigenvalue weighted by Crippen LogP contribution is 2.43. The van der Waals surface area contributed by atoms with E-state index in [9.17, 15) is 14.4 Å². The molecule has 0 saturated heterocycles. The van der Waals surface area contributed by atoms with Gasteiger partial charge in [-0.05, 0) is 73.7 Å². The van der Waals surface area contributed by atoms with E-state index in [1.807, 2.05) is 55.5 Å².